The maximum atomic E-state index is 12.7. The van der Waals surface area contributed by atoms with Crippen LogP contribution < -0.4 is 5.76 Å². The molecule has 1 fully saturated rings. The number of hydrogen-bond acceptors (Lipinski definition) is 5. The van der Waals surface area contributed by atoms with Gasteiger partial charge in [-0.15, -0.1) is 0 Å². The summed E-state index contributed by atoms with van der Waals surface area (Å²) in [7, 11) is -1.48. The van der Waals surface area contributed by atoms with Crippen LogP contribution in [0.4, 0.5) is 0 Å². The van der Waals surface area contributed by atoms with Gasteiger partial charge in [0.15, 0.2) is 5.58 Å². The van der Waals surface area contributed by atoms with Crippen LogP contribution in [0.25, 0.3) is 11.1 Å². The van der Waals surface area contributed by atoms with E-state index >= 15 is 0 Å². The van der Waals surface area contributed by atoms with Crippen molar-refractivity contribution in [1.29, 1.82) is 0 Å². The van der Waals surface area contributed by atoms with Crippen LogP contribution in [0.5, 0.6) is 0 Å². The van der Waals surface area contributed by atoms with Crippen molar-refractivity contribution in [3.63, 3.8) is 0 Å². The van der Waals surface area contributed by atoms with E-state index < -0.39 is 22.3 Å². The molecule has 148 valence electrons. The molecule has 0 amide bonds. The third-order valence-corrected chi connectivity index (χ3v) is 6.68. The van der Waals surface area contributed by atoms with Crippen molar-refractivity contribution in [2.45, 2.75) is 24.9 Å². The summed E-state index contributed by atoms with van der Waals surface area (Å²) in [5.41, 5.74) is 1.46. The molecule has 1 unspecified atom stereocenters. The molecule has 1 aliphatic heterocycles. The molecule has 0 saturated carbocycles. The normalized spacial score (nSPS) is 18.3. The predicted molar refractivity (Wildman–Crippen MR) is 110 cm³/mol. The van der Waals surface area contributed by atoms with Crippen LogP contribution in [0, 0.1) is 0 Å². The molecule has 1 N–H and O–H groups in total. The van der Waals surface area contributed by atoms with Gasteiger partial charge < -0.3 is 14.4 Å². The second-order valence-corrected chi connectivity index (χ2v) is 8.80. The Kier molecular flexibility index (Phi) is 5.48. The predicted octanol–water partition coefficient (Wildman–Crippen LogP) is 2.18. The van der Waals surface area contributed by atoms with Crippen LogP contribution in [0.3, 0.4) is 0 Å². The number of aromatic nitrogens is 1. The molecule has 4 rings (SSSR count). The number of oxazole rings is 1. The molecular weight excluding hydrogens is 376 g/mol. The molecule has 0 aliphatic carbocycles. The first-order valence-corrected chi connectivity index (χ1v) is 10.8. The number of para-hydroxylation sites is 2. The number of hydrogen-bond donors (Lipinski definition) is 1. The summed E-state index contributed by atoms with van der Waals surface area (Å²) < 4.78 is 19.1. The zero-order valence-corrected chi connectivity index (χ0v) is 16.4. The Labute approximate surface area is 166 Å². The first-order chi connectivity index (χ1) is 13.5. The molecule has 1 saturated heterocycles. The van der Waals surface area contributed by atoms with Crippen LogP contribution >= 0.6 is 0 Å². The minimum atomic E-state index is -1.48. The Morgan fingerprint density at radius 2 is 1.71 bits per heavy atom. The molecule has 0 radical (unpaired) electrons. The Morgan fingerprint density at radius 3 is 2.46 bits per heavy atom. The second-order valence-electron chi connectivity index (χ2n) is 7.38. The fourth-order valence-electron chi connectivity index (χ4n) is 3.78. The third-order valence-electron chi connectivity index (χ3n) is 5.40. The van der Waals surface area contributed by atoms with Crippen molar-refractivity contribution < 1.29 is 13.7 Å². The van der Waals surface area contributed by atoms with E-state index in [1.54, 1.807) is 24.3 Å². The van der Waals surface area contributed by atoms with Gasteiger partial charge in [-0.1, -0.05) is 42.5 Å². The molecule has 2 aromatic carbocycles. The molecule has 0 spiro atoms. The highest BCUT2D eigenvalue weighted by Gasteiger charge is 2.32. The van der Waals surface area contributed by atoms with Crippen molar-refractivity contribution in [2.75, 3.05) is 25.4 Å². The Hall–Kier alpha value is -2.22. The van der Waals surface area contributed by atoms with Gasteiger partial charge >= 0.3 is 5.76 Å². The van der Waals surface area contributed by atoms with Gasteiger partial charge in [0.05, 0.1) is 11.4 Å². The van der Waals surface area contributed by atoms with Gasteiger partial charge in [0, 0.05) is 26.1 Å². The molecule has 3 aromatic rings. The van der Waals surface area contributed by atoms with E-state index in [9.17, 15) is 14.1 Å². The average molecular weight is 401 g/mol. The lowest BCUT2D eigenvalue weighted by Crippen LogP contribution is -2.46. The molecule has 2 heterocycles. The third kappa shape index (κ3) is 4.11. The highest BCUT2D eigenvalue weighted by Crippen LogP contribution is 2.26. The van der Waals surface area contributed by atoms with Gasteiger partial charge in [0.2, 0.25) is 0 Å². The number of rotatable bonds is 6. The summed E-state index contributed by atoms with van der Waals surface area (Å²) in [6.45, 7) is 2.11. The standard InChI is InChI=1S/C21H24N2O4S/c24-20-23(18-8-4-5-9-19(18)27-20)28(26)15-14-22-12-10-21(25,11-13-22)16-17-6-2-1-3-7-17/h1-9,25H,10-16H2. The summed E-state index contributed by atoms with van der Waals surface area (Å²) in [6.07, 6.45) is 2.02. The molecule has 0 bridgehead atoms. The number of piperidine rings is 1. The van der Waals surface area contributed by atoms with Crippen molar-refractivity contribution in [3.8, 4) is 0 Å². The Morgan fingerprint density at radius 1 is 1.04 bits per heavy atom. The van der Waals surface area contributed by atoms with E-state index in [4.69, 9.17) is 4.42 Å². The SMILES string of the molecule is O=c1oc2ccccc2n1S(=O)CCN1CCC(O)(Cc2ccccc2)CC1. The van der Waals surface area contributed by atoms with Crippen molar-refractivity contribution >= 4 is 22.1 Å². The number of nitrogens with zero attached hydrogens (tertiary/aromatic N) is 2. The van der Waals surface area contributed by atoms with Gasteiger partial charge in [-0.25, -0.2) is 9.00 Å². The highest BCUT2D eigenvalue weighted by molar-refractivity contribution is 7.83. The number of aliphatic hydroxyl groups is 1. The van der Waals surface area contributed by atoms with Crippen molar-refractivity contribution in [2.24, 2.45) is 0 Å². The Balaban J connectivity index is 1.33. The van der Waals surface area contributed by atoms with E-state index in [1.807, 2.05) is 30.3 Å². The molecule has 6 nitrogen and oxygen atoms in total. The molecule has 1 aliphatic rings. The monoisotopic (exact) mass is 400 g/mol. The van der Waals surface area contributed by atoms with E-state index in [0.29, 0.717) is 42.7 Å². The van der Waals surface area contributed by atoms with E-state index in [1.165, 1.54) is 3.97 Å². The lowest BCUT2D eigenvalue weighted by Gasteiger charge is -2.38. The summed E-state index contributed by atoms with van der Waals surface area (Å²) in [5, 5.41) is 10.9. The van der Waals surface area contributed by atoms with Crippen molar-refractivity contribution in [3.05, 3.63) is 70.7 Å². The fourth-order valence-corrected chi connectivity index (χ4v) is 4.95. The van der Waals surface area contributed by atoms with E-state index in [2.05, 4.69) is 4.90 Å². The molecule has 1 aromatic heterocycles. The molecular formula is C21H24N2O4S. The molecule has 7 heteroatoms. The highest BCUT2D eigenvalue weighted by atomic mass is 32.2. The van der Waals surface area contributed by atoms with Crippen LogP contribution in [-0.4, -0.2) is 49.2 Å². The molecule has 28 heavy (non-hydrogen) atoms. The minimum absolute atomic E-state index is 0.348. The average Bonchev–Trinajstić information content (AvgIpc) is 3.04. The Bertz CT molecular complexity index is 1020. The number of likely N-dealkylation sites (tertiary alicyclic amines) is 1. The number of fused-ring (bicyclic) bond motifs is 1. The maximum absolute atomic E-state index is 12.7. The lowest BCUT2D eigenvalue weighted by molar-refractivity contribution is -0.0192. The fraction of sp³-hybridized carbons (Fsp3) is 0.381. The van der Waals surface area contributed by atoms with Crippen LogP contribution in [0.1, 0.15) is 18.4 Å². The summed E-state index contributed by atoms with van der Waals surface area (Å²) >= 11 is 0. The van der Waals surface area contributed by atoms with Gasteiger partial charge in [-0.05, 0) is 30.5 Å². The van der Waals surface area contributed by atoms with Gasteiger partial charge in [0.25, 0.3) is 0 Å². The largest absolute Gasteiger partial charge is 0.432 e. The number of benzene rings is 2. The smallest absolute Gasteiger partial charge is 0.407 e. The van der Waals surface area contributed by atoms with Gasteiger partial charge in [0.1, 0.15) is 16.5 Å². The van der Waals surface area contributed by atoms with E-state index in [0.717, 1.165) is 18.7 Å². The summed E-state index contributed by atoms with van der Waals surface area (Å²) in [4.78, 5) is 14.2. The van der Waals surface area contributed by atoms with E-state index in [-0.39, 0.29) is 0 Å². The van der Waals surface area contributed by atoms with Crippen LogP contribution in [0.15, 0.2) is 63.8 Å². The summed E-state index contributed by atoms with van der Waals surface area (Å²) in [6, 6.07) is 17.1. The first-order valence-electron chi connectivity index (χ1n) is 9.52. The molecule has 1 atom stereocenters. The topological polar surface area (TPSA) is 75.7 Å². The zero-order chi connectivity index (χ0) is 19.6. The zero-order valence-electron chi connectivity index (χ0n) is 15.6. The van der Waals surface area contributed by atoms with Gasteiger partial charge in [-0.2, -0.15) is 3.97 Å². The maximum Gasteiger partial charge on any atom is 0.432 e. The first kappa shape index (κ1) is 19.1. The lowest BCUT2D eigenvalue weighted by atomic mass is 9.85. The minimum Gasteiger partial charge on any atom is -0.407 e. The van der Waals surface area contributed by atoms with Crippen LogP contribution in [-0.2, 0) is 17.4 Å². The van der Waals surface area contributed by atoms with Crippen molar-refractivity contribution in [1.82, 2.24) is 8.87 Å². The van der Waals surface area contributed by atoms with Crippen LogP contribution in [0.2, 0.25) is 0 Å². The quantitative estimate of drug-likeness (QED) is 0.686. The second kappa shape index (κ2) is 8.03. The summed E-state index contributed by atoms with van der Waals surface area (Å²) in [5.74, 6) is -0.240. The van der Waals surface area contributed by atoms with Gasteiger partial charge in [-0.3, -0.25) is 0 Å².